The second-order valence-corrected chi connectivity index (χ2v) is 3.61. The standard InChI is InChI=1S/C10H16N4O/c1-14-6-5-8(13-14)10(12-11)9-4-2-3-7-15-9/h4-6,10,12H,2-3,7,11H2,1H3. The highest BCUT2D eigenvalue weighted by atomic mass is 16.5. The largest absolute Gasteiger partial charge is 0.496 e. The number of allylic oxidation sites excluding steroid dienone is 1. The number of aromatic nitrogens is 2. The number of hydrogen-bond acceptors (Lipinski definition) is 4. The molecule has 1 aromatic heterocycles. The summed E-state index contributed by atoms with van der Waals surface area (Å²) in [4.78, 5) is 0. The lowest BCUT2D eigenvalue weighted by Crippen LogP contribution is -2.31. The molecule has 1 aromatic rings. The fourth-order valence-corrected chi connectivity index (χ4v) is 1.68. The molecule has 5 heteroatoms. The van der Waals surface area contributed by atoms with Gasteiger partial charge < -0.3 is 4.74 Å². The van der Waals surface area contributed by atoms with Crippen LogP contribution in [0.5, 0.6) is 0 Å². The fraction of sp³-hybridized carbons (Fsp3) is 0.500. The van der Waals surface area contributed by atoms with Crippen molar-refractivity contribution in [3.8, 4) is 0 Å². The Labute approximate surface area is 88.9 Å². The third kappa shape index (κ3) is 2.19. The van der Waals surface area contributed by atoms with E-state index in [2.05, 4.69) is 16.6 Å². The molecule has 0 radical (unpaired) electrons. The first-order chi connectivity index (χ1) is 7.31. The fourth-order valence-electron chi connectivity index (χ4n) is 1.68. The highest BCUT2D eigenvalue weighted by Crippen LogP contribution is 2.23. The van der Waals surface area contributed by atoms with Crippen molar-refractivity contribution < 1.29 is 4.74 Å². The van der Waals surface area contributed by atoms with Gasteiger partial charge >= 0.3 is 0 Å². The van der Waals surface area contributed by atoms with Gasteiger partial charge in [-0.1, -0.05) is 0 Å². The zero-order valence-corrected chi connectivity index (χ0v) is 8.81. The number of nitrogens with zero attached hydrogens (tertiary/aromatic N) is 2. The molecule has 3 N–H and O–H groups in total. The summed E-state index contributed by atoms with van der Waals surface area (Å²) in [6.07, 6.45) is 6.08. The first-order valence-corrected chi connectivity index (χ1v) is 5.10. The van der Waals surface area contributed by atoms with Crippen LogP contribution >= 0.6 is 0 Å². The zero-order valence-electron chi connectivity index (χ0n) is 8.81. The van der Waals surface area contributed by atoms with E-state index in [1.807, 2.05) is 19.3 Å². The Bertz CT molecular complexity index is 358. The molecular formula is C10H16N4O. The van der Waals surface area contributed by atoms with Crippen LogP contribution in [0.3, 0.4) is 0 Å². The van der Waals surface area contributed by atoms with Crippen LogP contribution in [0.25, 0.3) is 0 Å². The van der Waals surface area contributed by atoms with E-state index in [9.17, 15) is 0 Å². The third-order valence-corrected chi connectivity index (χ3v) is 2.44. The summed E-state index contributed by atoms with van der Waals surface area (Å²) in [5.41, 5.74) is 3.61. The number of hydrazine groups is 1. The highest BCUT2D eigenvalue weighted by Gasteiger charge is 2.20. The van der Waals surface area contributed by atoms with Crippen LogP contribution in [0.4, 0.5) is 0 Å². The molecule has 0 fully saturated rings. The normalized spacial score (nSPS) is 18.1. The maximum absolute atomic E-state index is 5.56. The molecule has 5 nitrogen and oxygen atoms in total. The molecule has 1 aliphatic rings. The summed E-state index contributed by atoms with van der Waals surface area (Å²) in [5.74, 6) is 6.40. The van der Waals surface area contributed by atoms with Crippen molar-refractivity contribution in [1.29, 1.82) is 0 Å². The van der Waals surface area contributed by atoms with Gasteiger partial charge in [0.15, 0.2) is 0 Å². The monoisotopic (exact) mass is 208 g/mol. The maximum Gasteiger partial charge on any atom is 0.122 e. The first kappa shape index (κ1) is 10.2. The predicted octanol–water partition coefficient (Wildman–Crippen LogP) is 0.619. The maximum atomic E-state index is 5.56. The lowest BCUT2D eigenvalue weighted by Gasteiger charge is -2.21. The summed E-state index contributed by atoms with van der Waals surface area (Å²) in [7, 11) is 1.88. The molecule has 1 unspecified atom stereocenters. The minimum Gasteiger partial charge on any atom is -0.496 e. The average molecular weight is 208 g/mol. The Morgan fingerprint density at radius 1 is 1.67 bits per heavy atom. The summed E-state index contributed by atoms with van der Waals surface area (Å²) >= 11 is 0. The summed E-state index contributed by atoms with van der Waals surface area (Å²) in [5, 5.41) is 4.31. The van der Waals surface area contributed by atoms with E-state index in [4.69, 9.17) is 10.6 Å². The van der Waals surface area contributed by atoms with E-state index in [1.54, 1.807) is 4.68 Å². The van der Waals surface area contributed by atoms with E-state index in [1.165, 1.54) is 0 Å². The lowest BCUT2D eigenvalue weighted by molar-refractivity contribution is 0.167. The first-order valence-electron chi connectivity index (χ1n) is 5.10. The second kappa shape index (κ2) is 4.46. The van der Waals surface area contributed by atoms with E-state index < -0.39 is 0 Å². The van der Waals surface area contributed by atoms with Crippen molar-refractivity contribution in [2.45, 2.75) is 18.9 Å². The molecule has 0 saturated carbocycles. The molecule has 1 atom stereocenters. The SMILES string of the molecule is Cn1ccc(C(NN)C2=CCCCO2)n1. The topological polar surface area (TPSA) is 65.1 Å². The lowest BCUT2D eigenvalue weighted by atomic mass is 10.1. The number of aryl methyl sites for hydroxylation is 1. The molecule has 0 bridgehead atoms. The van der Waals surface area contributed by atoms with Gasteiger partial charge in [0.2, 0.25) is 0 Å². The number of nitrogens with one attached hydrogen (secondary N) is 1. The van der Waals surface area contributed by atoms with Crippen LogP contribution in [-0.4, -0.2) is 16.4 Å². The van der Waals surface area contributed by atoms with E-state index in [0.29, 0.717) is 0 Å². The van der Waals surface area contributed by atoms with Gasteiger partial charge in [0.25, 0.3) is 0 Å². The number of nitrogens with two attached hydrogens (primary N) is 1. The van der Waals surface area contributed by atoms with Crippen LogP contribution in [0.1, 0.15) is 24.6 Å². The van der Waals surface area contributed by atoms with E-state index in [-0.39, 0.29) is 6.04 Å². The van der Waals surface area contributed by atoms with Crippen LogP contribution < -0.4 is 11.3 Å². The Hall–Kier alpha value is -1.33. The van der Waals surface area contributed by atoms with Gasteiger partial charge in [-0.2, -0.15) is 5.10 Å². The van der Waals surface area contributed by atoms with Crippen molar-refractivity contribution in [1.82, 2.24) is 15.2 Å². The average Bonchev–Trinajstić information content (AvgIpc) is 2.68. The molecule has 15 heavy (non-hydrogen) atoms. The van der Waals surface area contributed by atoms with Crippen molar-refractivity contribution in [3.63, 3.8) is 0 Å². The van der Waals surface area contributed by atoms with Crippen LogP contribution in [0.15, 0.2) is 24.1 Å². The Balaban J connectivity index is 2.19. The molecule has 2 heterocycles. The second-order valence-electron chi connectivity index (χ2n) is 3.61. The van der Waals surface area contributed by atoms with Crippen LogP contribution in [0, 0.1) is 0 Å². The van der Waals surface area contributed by atoms with Crippen LogP contribution in [-0.2, 0) is 11.8 Å². The molecule has 0 saturated heterocycles. The van der Waals surface area contributed by atoms with E-state index >= 15 is 0 Å². The molecule has 82 valence electrons. The van der Waals surface area contributed by atoms with Gasteiger partial charge in [-0.05, 0) is 25.0 Å². The predicted molar refractivity (Wildman–Crippen MR) is 56.5 cm³/mol. The molecule has 2 rings (SSSR count). The Kier molecular flexibility index (Phi) is 3.03. The minimum atomic E-state index is -0.133. The van der Waals surface area contributed by atoms with Crippen LogP contribution in [0.2, 0.25) is 0 Å². The third-order valence-electron chi connectivity index (χ3n) is 2.44. The highest BCUT2D eigenvalue weighted by molar-refractivity contribution is 5.18. The van der Waals surface area contributed by atoms with Gasteiger partial charge in [0.05, 0.1) is 12.3 Å². The summed E-state index contributed by atoms with van der Waals surface area (Å²) in [6.45, 7) is 0.761. The summed E-state index contributed by atoms with van der Waals surface area (Å²) < 4.78 is 7.32. The zero-order chi connectivity index (χ0) is 10.7. The Morgan fingerprint density at radius 2 is 2.53 bits per heavy atom. The van der Waals surface area contributed by atoms with Crippen molar-refractivity contribution >= 4 is 0 Å². The molecule has 0 amide bonds. The van der Waals surface area contributed by atoms with Gasteiger partial charge in [-0.15, -0.1) is 0 Å². The smallest absolute Gasteiger partial charge is 0.122 e. The van der Waals surface area contributed by atoms with Gasteiger partial charge in [-0.3, -0.25) is 10.5 Å². The molecule has 1 aliphatic heterocycles. The van der Waals surface area contributed by atoms with Crippen molar-refractivity contribution in [3.05, 3.63) is 29.8 Å². The van der Waals surface area contributed by atoms with E-state index in [0.717, 1.165) is 30.9 Å². The van der Waals surface area contributed by atoms with Gasteiger partial charge in [-0.25, -0.2) is 5.43 Å². The number of ether oxygens (including phenoxy) is 1. The Morgan fingerprint density at radius 3 is 3.07 bits per heavy atom. The molecule has 0 aliphatic carbocycles. The minimum absolute atomic E-state index is 0.133. The quantitative estimate of drug-likeness (QED) is 0.564. The van der Waals surface area contributed by atoms with Gasteiger partial charge in [0, 0.05) is 13.2 Å². The van der Waals surface area contributed by atoms with Gasteiger partial charge in [0.1, 0.15) is 11.8 Å². The van der Waals surface area contributed by atoms with Crippen molar-refractivity contribution in [2.24, 2.45) is 12.9 Å². The molecular weight excluding hydrogens is 192 g/mol. The summed E-state index contributed by atoms with van der Waals surface area (Å²) in [6, 6.07) is 1.80. The van der Waals surface area contributed by atoms with Crippen molar-refractivity contribution in [2.75, 3.05) is 6.61 Å². The molecule has 0 spiro atoms. The molecule has 0 aromatic carbocycles. The number of hydrogen-bond donors (Lipinski definition) is 2. The number of rotatable bonds is 3.